The van der Waals surface area contributed by atoms with E-state index in [9.17, 15) is 4.79 Å². The van der Waals surface area contributed by atoms with Crippen molar-refractivity contribution in [2.75, 3.05) is 0 Å². The highest BCUT2D eigenvalue weighted by molar-refractivity contribution is 5.76. The van der Waals surface area contributed by atoms with Gasteiger partial charge in [0.1, 0.15) is 0 Å². The summed E-state index contributed by atoms with van der Waals surface area (Å²) in [7, 11) is 0. The van der Waals surface area contributed by atoms with Crippen molar-refractivity contribution in [3.63, 3.8) is 0 Å². The Kier molecular flexibility index (Phi) is 2.68. The molecule has 0 rings (SSSR count). The van der Waals surface area contributed by atoms with Crippen LogP contribution < -0.4 is 0 Å². The van der Waals surface area contributed by atoms with Crippen LogP contribution >= 0.6 is 0 Å². The number of hydrogen-bond acceptors (Lipinski definition) is 1. The standard InChI is InChI=1S/C7H13O2/c1-7(2,3)5-4-6(8)9/h4H,5H2,1-3H3,(H,8,9). The average Bonchev–Trinajstić information content (AvgIpc) is 1.59. The number of carbonyl (C=O) groups is 1. The van der Waals surface area contributed by atoms with E-state index in [1.807, 2.05) is 20.8 Å². The number of hydrogen-bond donors (Lipinski definition) is 1. The maximum atomic E-state index is 9.99. The van der Waals surface area contributed by atoms with Crippen LogP contribution in [0.1, 0.15) is 27.2 Å². The molecule has 0 aromatic rings. The van der Waals surface area contributed by atoms with Gasteiger partial charge >= 0.3 is 5.97 Å². The van der Waals surface area contributed by atoms with Crippen molar-refractivity contribution in [3.05, 3.63) is 6.42 Å². The van der Waals surface area contributed by atoms with Crippen molar-refractivity contribution in [2.24, 2.45) is 5.41 Å². The van der Waals surface area contributed by atoms with Crippen LogP contribution in [0.2, 0.25) is 0 Å². The first-order valence-corrected chi connectivity index (χ1v) is 2.98. The van der Waals surface area contributed by atoms with Gasteiger partial charge < -0.3 is 5.11 Å². The van der Waals surface area contributed by atoms with Gasteiger partial charge in [-0.2, -0.15) is 0 Å². The quantitative estimate of drug-likeness (QED) is 0.616. The van der Waals surface area contributed by atoms with E-state index in [1.165, 1.54) is 6.42 Å². The molecule has 9 heavy (non-hydrogen) atoms. The predicted molar refractivity (Wildman–Crippen MR) is 36.0 cm³/mol. The van der Waals surface area contributed by atoms with Crippen molar-refractivity contribution < 1.29 is 9.90 Å². The molecule has 0 spiro atoms. The monoisotopic (exact) mass is 129 g/mol. The Bertz CT molecular complexity index is 100.0. The molecule has 0 bridgehead atoms. The van der Waals surface area contributed by atoms with E-state index in [1.54, 1.807) is 0 Å². The summed E-state index contributed by atoms with van der Waals surface area (Å²) in [5.41, 5.74) is 0.0956. The van der Waals surface area contributed by atoms with Crippen LogP contribution in [-0.4, -0.2) is 11.1 Å². The molecule has 0 fully saturated rings. The van der Waals surface area contributed by atoms with Crippen molar-refractivity contribution in [1.29, 1.82) is 0 Å². The average molecular weight is 129 g/mol. The third kappa shape index (κ3) is 7.47. The van der Waals surface area contributed by atoms with Crippen LogP contribution in [0.3, 0.4) is 0 Å². The van der Waals surface area contributed by atoms with Gasteiger partial charge in [-0.15, -0.1) is 0 Å². The number of carboxylic acid groups (broad SMARTS) is 1. The van der Waals surface area contributed by atoms with E-state index in [4.69, 9.17) is 5.11 Å². The molecule has 0 aromatic heterocycles. The minimum absolute atomic E-state index is 0.0956. The van der Waals surface area contributed by atoms with Crippen LogP contribution in [0.5, 0.6) is 0 Å². The highest BCUT2D eigenvalue weighted by Crippen LogP contribution is 2.19. The summed E-state index contributed by atoms with van der Waals surface area (Å²) in [6, 6.07) is 0. The van der Waals surface area contributed by atoms with Gasteiger partial charge in [0.25, 0.3) is 0 Å². The summed E-state index contributed by atoms with van der Waals surface area (Å²) in [5.74, 6) is -0.829. The second kappa shape index (κ2) is 2.85. The van der Waals surface area contributed by atoms with Crippen LogP contribution in [0, 0.1) is 11.8 Å². The van der Waals surface area contributed by atoms with Gasteiger partial charge in [-0.1, -0.05) is 20.8 Å². The van der Waals surface area contributed by atoms with Crippen molar-refractivity contribution >= 4 is 5.97 Å². The molecular formula is C7H13O2. The molecule has 0 unspecified atom stereocenters. The highest BCUT2D eigenvalue weighted by atomic mass is 16.4. The SMILES string of the molecule is CC(C)(C)C[CH]C(=O)O. The molecule has 1 radical (unpaired) electrons. The van der Waals surface area contributed by atoms with E-state index < -0.39 is 5.97 Å². The minimum atomic E-state index is -0.829. The first kappa shape index (κ1) is 8.47. The molecule has 2 nitrogen and oxygen atoms in total. The Hall–Kier alpha value is -0.530. The number of carboxylic acids is 1. The second-order valence-electron chi connectivity index (χ2n) is 3.31. The summed E-state index contributed by atoms with van der Waals surface area (Å²) in [6.45, 7) is 6.02. The van der Waals surface area contributed by atoms with Gasteiger partial charge in [-0.05, 0) is 11.8 Å². The Morgan fingerprint density at radius 3 is 2.11 bits per heavy atom. The smallest absolute Gasteiger partial charge is 0.307 e. The second-order valence-corrected chi connectivity index (χ2v) is 3.31. The van der Waals surface area contributed by atoms with Crippen molar-refractivity contribution in [3.8, 4) is 0 Å². The lowest BCUT2D eigenvalue weighted by molar-refractivity contribution is -0.133. The maximum Gasteiger partial charge on any atom is 0.307 e. The maximum absolute atomic E-state index is 9.99. The molecule has 0 aliphatic carbocycles. The van der Waals surface area contributed by atoms with Crippen LogP contribution in [0.25, 0.3) is 0 Å². The van der Waals surface area contributed by atoms with E-state index in [2.05, 4.69) is 0 Å². The van der Waals surface area contributed by atoms with Gasteiger partial charge in [0.15, 0.2) is 0 Å². The summed E-state index contributed by atoms with van der Waals surface area (Å²) < 4.78 is 0. The normalized spacial score (nSPS) is 11.4. The van der Waals surface area contributed by atoms with Gasteiger partial charge in [0.2, 0.25) is 0 Å². The molecule has 0 amide bonds. The molecule has 2 heteroatoms. The lowest BCUT2D eigenvalue weighted by atomic mass is 9.91. The Morgan fingerprint density at radius 2 is 2.00 bits per heavy atom. The predicted octanol–water partition coefficient (Wildman–Crippen LogP) is 1.71. The fraction of sp³-hybridized carbons (Fsp3) is 0.714. The summed E-state index contributed by atoms with van der Waals surface area (Å²) in [5, 5.41) is 8.22. The van der Waals surface area contributed by atoms with Gasteiger partial charge in [-0.25, -0.2) is 0 Å². The van der Waals surface area contributed by atoms with E-state index in [-0.39, 0.29) is 5.41 Å². The van der Waals surface area contributed by atoms with Crippen LogP contribution in [0.4, 0.5) is 0 Å². The molecule has 0 aromatic carbocycles. The summed E-state index contributed by atoms with van der Waals surface area (Å²) in [4.78, 5) is 9.99. The third-order valence-corrected chi connectivity index (χ3v) is 0.889. The Labute approximate surface area is 55.9 Å². The minimum Gasteiger partial charge on any atom is -0.481 e. The fourth-order valence-corrected chi connectivity index (χ4v) is 0.393. The Morgan fingerprint density at radius 1 is 1.56 bits per heavy atom. The van der Waals surface area contributed by atoms with E-state index >= 15 is 0 Å². The van der Waals surface area contributed by atoms with Gasteiger partial charge in [0.05, 0.1) is 6.42 Å². The largest absolute Gasteiger partial charge is 0.481 e. The zero-order valence-electron chi connectivity index (χ0n) is 6.14. The van der Waals surface area contributed by atoms with Crippen LogP contribution in [-0.2, 0) is 4.79 Å². The molecular weight excluding hydrogens is 116 g/mol. The molecule has 0 saturated carbocycles. The first-order chi connectivity index (χ1) is 3.92. The Balaban J connectivity index is 3.39. The first-order valence-electron chi connectivity index (χ1n) is 2.98. The number of rotatable bonds is 2. The molecule has 0 aliphatic heterocycles. The molecule has 1 N–H and O–H groups in total. The van der Waals surface area contributed by atoms with Crippen LogP contribution in [0.15, 0.2) is 0 Å². The fourth-order valence-electron chi connectivity index (χ4n) is 0.393. The summed E-state index contributed by atoms with van der Waals surface area (Å²) >= 11 is 0. The molecule has 0 atom stereocenters. The zero-order chi connectivity index (χ0) is 7.49. The molecule has 53 valence electrons. The van der Waals surface area contributed by atoms with Gasteiger partial charge in [0, 0.05) is 0 Å². The molecule has 0 saturated heterocycles. The van der Waals surface area contributed by atoms with E-state index in [0.717, 1.165) is 0 Å². The molecule has 0 heterocycles. The van der Waals surface area contributed by atoms with Crippen molar-refractivity contribution in [1.82, 2.24) is 0 Å². The van der Waals surface area contributed by atoms with E-state index in [0.29, 0.717) is 6.42 Å². The lowest BCUT2D eigenvalue weighted by Crippen LogP contribution is -2.08. The number of aliphatic carboxylic acids is 1. The summed E-state index contributed by atoms with van der Waals surface area (Å²) in [6.07, 6.45) is 1.92. The molecule has 0 aliphatic rings. The van der Waals surface area contributed by atoms with Gasteiger partial charge in [-0.3, -0.25) is 4.79 Å². The lowest BCUT2D eigenvalue weighted by Gasteiger charge is -2.15. The zero-order valence-corrected chi connectivity index (χ0v) is 6.14. The van der Waals surface area contributed by atoms with Crippen molar-refractivity contribution in [2.45, 2.75) is 27.2 Å². The topological polar surface area (TPSA) is 37.3 Å². The third-order valence-electron chi connectivity index (χ3n) is 0.889. The highest BCUT2D eigenvalue weighted by Gasteiger charge is 2.11.